The van der Waals surface area contributed by atoms with Crippen LogP contribution in [0.2, 0.25) is 0 Å². The summed E-state index contributed by atoms with van der Waals surface area (Å²) in [5.41, 5.74) is 0. The lowest BCUT2D eigenvalue weighted by Gasteiger charge is -2.20. The quantitative estimate of drug-likeness (QED) is 0.0651. The lowest BCUT2D eigenvalue weighted by atomic mass is 9.84. The molecular weight excluding hydrogens is 496 g/mol. The van der Waals surface area contributed by atoms with Crippen molar-refractivity contribution in [2.45, 2.75) is 181 Å². The van der Waals surface area contributed by atoms with Crippen LogP contribution in [0, 0.1) is 11.8 Å². The average Bonchev–Trinajstić information content (AvgIpc) is 2.93. The van der Waals surface area contributed by atoms with E-state index in [1.807, 2.05) is 0 Å². The summed E-state index contributed by atoms with van der Waals surface area (Å²) in [6, 6.07) is 0. The highest BCUT2D eigenvalue weighted by Gasteiger charge is 2.32. The molecule has 234 valence electrons. The summed E-state index contributed by atoms with van der Waals surface area (Å²) >= 11 is 0. The number of carboxylic acid groups (broad SMARTS) is 2. The highest BCUT2D eigenvalue weighted by molar-refractivity contribution is 5.79. The van der Waals surface area contributed by atoms with Gasteiger partial charge in [0.05, 0.1) is 11.8 Å². The first kappa shape index (κ1) is 38.4. The van der Waals surface area contributed by atoms with Gasteiger partial charge in [0.25, 0.3) is 0 Å². The van der Waals surface area contributed by atoms with Crippen LogP contribution in [0.1, 0.15) is 181 Å². The van der Waals surface area contributed by atoms with Crippen LogP contribution in [-0.4, -0.2) is 22.2 Å². The molecule has 0 fully saturated rings. The lowest BCUT2D eigenvalue weighted by molar-refractivity contribution is -0.154. The Bertz CT molecular complexity index is 624. The number of carbonyl (C=O) groups is 2. The summed E-state index contributed by atoms with van der Waals surface area (Å²) in [6.07, 6.45) is 38.7. The minimum Gasteiger partial charge on any atom is -0.481 e. The molecule has 2 atom stereocenters. The SMILES string of the molecule is CCCCCC/C=C\CCCCCCCCC(C(=O)O)C(CCCCCC/C=C\CCCCCCCC)C(=O)O. The van der Waals surface area contributed by atoms with E-state index < -0.39 is 23.8 Å². The van der Waals surface area contributed by atoms with Crippen LogP contribution in [0.4, 0.5) is 0 Å². The smallest absolute Gasteiger partial charge is 0.307 e. The largest absolute Gasteiger partial charge is 0.481 e. The first-order valence-electron chi connectivity index (χ1n) is 17.3. The fourth-order valence-electron chi connectivity index (χ4n) is 5.51. The van der Waals surface area contributed by atoms with Crippen molar-refractivity contribution in [3.63, 3.8) is 0 Å². The molecule has 40 heavy (non-hydrogen) atoms. The van der Waals surface area contributed by atoms with E-state index in [9.17, 15) is 19.8 Å². The summed E-state index contributed by atoms with van der Waals surface area (Å²) in [4.78, 5) is 23.8. The Morgan fingerprint density at radius 3 is 0.975 bits per heavy atom. The molecule has 0 aliphatic heterocycles. The third-order valence-corrected chi connectivity index (χ3v) is 8.17. The molecule has 4 nitrogen and oxygen atoms in total. The summed E-state index contributed by atoms with van der Waals surface area (Å²) < 4.78 is 0. The standard InChI is InChI=1S/C36H66O4/c1-3-5-7-9-11-13-15-17-19-21-23-25-27-29-31-33(35(37)38)34(36(39)40)32-30-28-26-24-22-20-18-16-14-12-10-8-6-4-2/h13,15,18,20,33-34H,3-12,14,16-17,19,21-32H2,1-2H3,(H,37,38)(H,39,40)/b15-13-,20-18-. The molecule has 0 heterocycles. The Hall–Kier alpha value is -1.58. The Morgan fingerprint density at radius 2 is 0.675 bits per heavy atom. The maximum absolute atomic E-state index is 11.9. The van der Waals surface area contributed by atoms with Crippen molar-refractivity contribution in [1.29, 1.82) is 0 Å². The molecule has 0 bridgehead atoms. The number of carboxylic acids is 2. The summed E-state index contributed by atoms with van der Waals surface area (Å²) in [6.45, 7) is 4.49. The van der Waals surface area contributed by atoms with Gasteiger partial charge in [0.2, 0.25) is 0 Å². The summed E-state index contributed by atoms with van der Waals surface area (Å²) in [7, 11) is 0. The fourth-order valence-corrected chi connectivity index (χ4v) is 5.51. The molecule has 0 aromatic carbocycles. The Morgan fingerprint density at radius 1 is 0.425 bits per heavy atom. The number of aliphatic carboxylic acids is 2. The van der Waals surface area contributed by atoms with Crippen molar-refractivity contribution in [2.24, 2.45) is 11.8 Å². The maximum Gasteiger partial charge on any atom is 0.307 e. The van der Waals surface area contributed by atoms with E-state index in [1.165, 1.54) is 96.3 Å². The van der Waals surface area contributed by atoms with Gasteiger partial charge in [0.1, 0.15) is 0 Å². The second-order valence-electron chi connectivity index (χ2n) is 11.9. The average molecular weight is 563 g/mol. The first-order chi connectivity index (χ1) is 19.5. The molecule has 2 N–H and O–H groups in total. The van der Waals surface area contributed by atoms with Gasteiger partial charge in [0.15, 0.2) is 0 Å². The second kappa shape index (κ2) is 30.4. The predicted molar refractivity (Wildman–Crippen MR) is 172 cm³/mol. The van der Waals surface area contributed by atoms with Gasteiger partial charge >= 0.3 is 11.9 Å². The minimum absolute atomic E-state index is 0.478. The molecule has 0 aromatic rings. The van der Waals surface area contributed by atoms with E-state index in [1.54, 1.807) is 0 Å². The van der Waals surface area contributed by atoms with Gasteiger partial charge in [-0.1, -0.05) is 141 Å². The molecule has 0 aliphatic rings. The zero-order valence-corrected chi connectivity index (χ0v) is 26.6. The Labute approximate surface area is 248 Å². The van der Waals surface area contributed by atoms with Crippen LogP contribution in [0.15, 0.2) is 24.3 Å². The number of hydrogen-bond acceptors (Lipinski definition) is 2. The van der Waals surface area contributed by atoms with Crippen LogP contribution >= 0.6 is 0 Å². The zero-order valence-electron chi connectivity index (χ0n) is 26.6. The number of unbranched alkanes of at least 4 members (excludes halogenated alkanes) is 20. The zero-order chi connectivity index (χ0) is 29.5. The molecule has 0 aliphatic carbocycles. The van der Waals surface area contributed by atoms with Gasteiger partial charge in [-0.15, -0.1) is 0 Å². The van der Waals surface area contributed by atoms with Crippen LogP contribution in [0.3, 0.4) is 0 Å². The van der Waals surface area contributed by atoms with Crippen LogP contribution < -0.4 is 0 Å². The number of rotatable bonds is 31. The molecule has 0 spiro atoms. The molecule has 2 unspecified atom stereocenters. The summed E-state index contributed by atoms with van der Waals surface area (Å²) in [5, 5.41) is 19.5. The van der Waals surface area contributed by atoms with E-state index in [-0.39, 0.29) is 0 Å². The van der Waals surface area contributed by atoms with Gasteiger partial charge in [-0.3, -0.25) is 9.59 Å². The second-order valence-corrected chi connectivity index (χ2v) is 11.9. The minimum atomic E-state index is -0.941. The van der Waals surface area contributed by atoms with Crippen LogP contribution in [-0.2, 0) is 9.59 Å². The lowest BCUT2D eigenvalue weighted by Crippen LogP contribution is -2.30. The maximum atomic E-state index is 11.9. The monoisotopic (exact) mass is 562 g/mol. The first-order valence-corrected chi connectivity index (χ1v) is 17.3. The molecule has 0 saturated carbocycles. The molecule has 0 amide bonds. The fraction of sp³-hybridized carbons (Fsp3) is 0.833. The van der Waals surface area contributed by atoms with Gasteiger partial charge in [-0.05, 0) is 64.2 Å². The van der Waals surface area contributed by atoms with Gasteiger partial charge in [0, 0.05) is 0 Å². The normalized spacial score (nSPS) is 13.3. The Balaban J connectivity index is 3.92. The molecule has 0 rings (SSSR count). The summed E-state index contributed by atoms with van der Waals surface area (Å²) in [5.74, 6) is -3.40. The van der Waals surface area contributed by atoms with Gasteiger partial charge in [-0.2, -0.15) is 0 Å². The van der Waals surface area contributed by atoms with E-state index in [2.05, 4.69) is 38.2 Å². The molecule has 0 aromatic heterocycles. The molecule has 4 heteroatoms. The van der Waals surface area contributed by atoms with E-state index in [0.717, 1.165) is 57.8 Å². The Kier molecular flexibility index (Phi) is 29.2. The molecular formula is C36H66O4. The van der Waals surface area contributed by atoms with E-state index in [0.29, 0.717) is 12.8 Å². The molecule has 0 radical (unpaired) electrons. The van der Waals surface area contributed by atoms with E-state index >= 15 is 0 Å². The number of allylic oxidation sites excluding steroid dienone is 4. The topological polar surface area (TPSA) is 74.6 Å². The van der Waals surface area contributed by atoms with Crippen molar-refractivity contribution in [3.05, 3.63) is 24.3 Å². The van der Waals surface area contributed by atoms with Crippen LogP contribution in [0.25, 0.3) is 0 Å². The van der Waals surface area contributed by atoms with Crippen molar-refractivity contribution in [1.82, 2.24) is 0 Å². The van der Waals surface area contributed by atoms with Crippen molar-refractivity contribution >= 4 is 11.9 Å². The number of hydrogen-bond donors (Lipinski definition) is 2. The third kappa shape index (κ3) is 25.4. The van der Waals surface area contributed by atoms with Crippen molar-refractivity contribution in [3.8, 4) is 0 Å². The van der Waals surface area contributed by atoms with Crippen molar-refractivity contribution < 1.29 is 19.8 Å². The van der Waals surface area contributed by atoms with Crippen LogP contribution in [0.5, 0.6) is 0 Å². The van der Waals surface area contributed by atoms with Gasteiger partial charge < -0.3 is 10.2 Å². The third-order valence-electron chi connectivity index (χ3n) is 8.17. The van der Waals surface area contributed by atoms with Gasteiger partial charge in [-0.25, -0.2) is 0 Å². The highest BCUT2D eigenvalue weighted by Crippen LogP contribution is 2.26. The van der Waals surface area contributed by atoms with E-state index in [4.69, 9.17) is 0 Å². The van der Waals surface area contributed by atoms with Crippen molar-refractivity contribution in [2.75, 3.05) is 0 Å². The molecule has 0 saturated heterocycles. The highest BCUT2D eigenvalue weighted by atomic mass is 16.4. The predicted octanol–water partition coefficient (Wildman–Crippen LogP) is 11.7.